The van der Waals surface area contributed by atoms with Gasteiger partial charge in [-0.2, -0.15) is 0 Å². The third-order valence-corrected chi connectivity index (χ3v) is 3.96. The molecule has 1 fully saturated rings. The molecule has 1 aliphatic rings. The van der Waals surface area contributed by atoms with Gasteiger partial charge in [0, 0.05) is 17.0 Å². The maximum absolute atomic E-state index is 5.66. The third-order valence-electron chi connectivity index (χ3n) is 3.96. The van der Waals surface area contributed by atoms with Gasteiger partial charge in [-0.05, 0) is 45.0 Å². The van der Waals surface area contributed by atoms with Crippen LogP contribution in [0.15, 0.2) is 34.9 Å². The fraction of sp³-hybridized carbons (Fsp3) is 0.467. The zero-order chi connectivity index (χ0) is 12.4. The summed E-state index contributed by atoms with van der Waals surface area (Å²) in [7, 11) is 2.04. The second kappa shape index (κ2) is 5.12. The molecule has 0 spiro atoms. The summed E-state index contributed by atoms with van der Waals surface area (Å²) in [5.41, 5.74) is 2.28. The molecule has 1 aromatic carbocycles. The van der Waals surface area contributed by atoms with E-state index < -0.39 is 0 Å². The van der Waals surface area contributed by atoms with E-state index in [2.05, 4.69) is 22.8 Å². The van der Waals surface area contributed by atoms with E-state index in [1.807, 2.05) is 25.4 Å². The number of rotatable bonds is 3. The molecule has 0 amide bonds. The number of para-hydroxylation sites is 1. The highest BCUT2D eigenvalue weighted by Crippen LogP contribution is 2.33. The van der Waals surface area contributed by atoms with Gasteiger partial charge in [0.15, 0.2) is 0 Å². The largest absolute Gasteiger partial charge is 0.464 e. The van der Waals surface area contributed by atoms with Crippen molar-refractivity contribution in [3.8, 4) is 0 Å². The van der Waals surface area contributed by atoms with Crippen LogP contribution in [0.1, 0.15) is 24.4 Å². The van der Waals surface area contributed by atoms with Crippen LogP contribution in [0.5, 0.6) is 0 Å². The Morgan fingerprint density at radius 2 is 2.28 bits per heavy atom. The maximum atomic E-state index is 5.66. The van der Waals surface area contributed by atoms with Crippen LogP contribution in [0.3, 0.4) is 0 Å². The molecule has 0 bridgehead atoms. The number of benzene rings is 1. The molecule has 0 aliphatic carbocycles. The van der Waals surface area contributed by atoms with Crippen molar-refractivity contribution in [3.05, 3.63) is 36.1 Å². The van der Waals surface area contributed by atoms with Crippen molar-refractivity contribution in [2.24, 2.45) is 5.92 Å². The van der Waals surface area contributed by atoms with Gasteiger partial charge in [-0.25, -0.2) is 0 Å². The lowest BCUT2D eigenvalue weighted by Gasteiger charge is -2.30. The number of furan rings is 1. The summed E-state index contributed by atoms with van der Waals surface area (Å²) >= 11 is 0. The molecule has 0 saturated carbocycles. The lowest BCUT2D eigenvalue weighted by atomic mass is 9.87. The lowest BCUT2D eigenvalue weighted by Crippen LogP contribution is -2.37. The van der Waals surface area contributed by atoms with Crippen LogP contribution in [0, 0.1) is 5.92 Å². The molecule has 0 radical (unpaired) electrons. The van der Waals surface area contributed by atoms with Gasteiger partial charge >= 0.3 is 0 Å². The number of hydrogen-bond donors (Lipinski definition) is 2. The third kappa shape index (κ3) is 2.04. The van der Waals surface area contributed by atoms with E-state index in [4.69, 9.17) is 4.42 Å². The summed E-state index contributed by atoms with van der Waals surface area (Å²) in [5.74, 6) is 0.643. The van der Waals surface area contributed by atoms with Crippen molar-refractivity contribution in [1.29, 1.82) is 0 Å². The average Bonchev–Trinajstić information content (AvgIpc) is 2.85. The minimum atomic E-state index is 0.376. The molecule has 1 aliphatic heterocycles. The minimum Gasteiger partial charge on any atom is -0.464 e. The van der Waals surface area contributed by atoms with Gasteiger partial charge in [0.05, 0.1) is 6.26 Å². The smallest absolute Gasteiger partial charge is 0.134 e. The summed E-state index contributed by atoms with van der Waals surface area (Å²) in [4.78, 5) is 0. The standard InChI is InChI=1S/C15H20N2O/c1-16-15(11-5-4-8-17-9-11)13-10-18-14-7-3-2-6-12(13)14/h2-3,6-7,10-11,15-17H,4-5,8-9H2,1H3. The first kappa shape index (κ1) is 11.8. The molecular weight excluding hydrogens is 224 g/mol. The summed E-state index contributed by atoms with van der Waals surface area (Å²) in [6.45, 7) is 2.24. The molecule has 3 heteroatoms. The number of hydrogen-bond acceptors (Lipinski definition) is 3. The molecule has 2 aromatic rings. The Labute approximate surface area is 108 Å². The first-order valence-electron chi connectivity index (χ1n) is 6.74. The van der Waals surface area contributed by atoms with Crippen molar-refractivity contribution < 1.29 is 4.42 Å². The first-order chi connectivity index (χ1) is 8.90. The molecule has 96 valence electrons. The quantitative estimate of drug-likeness (QED) is 0.871. The Balaban J connectivity index is 1.95. The Morgan fingerprint density at radius 1 is 1.39 bits per heavy atom. The highest BCUT2D eigenvalue weighted by atomic mass is 16.3. The molecule has 3 rings (SSSR count). The van der Waals surface area contributed by atoms with Crippen molar-refractivity contribution >= 4 is 11.0 Å². The van der Waals surface area contributed by atoms with Gasteiger partial charge in [0.2, 0.25) is 0 Å². The van der Waals surface area contributed by atoms with Gasteiger partial charge < -0.3 is 15.1 Å². The summed E-state index contributed by atoms with van der Waals surface area (Å²) in [6.07, 6.45) is 4.46. The molecule has 2 atom stereocenters. The van der Waals surface area contributed by atoms with Crippen LogP contribution in [0.2, 0.25) is 0 Å². The minimum absolute atomic E-state index is 0.376. The fourth-order valence-corrected chi connectivity index (χ4v) is 3.05. The summed E-state index contributed by atoms with van der Waals surface area (Å²) < 4.78 is 5.66. The van der Waals surface area contributed by atoms with Gasteiger partial charge in [0.1, 0.15) is 5.58 Å². The lowest BCUT2D eigenvalue weighted by molar-refractivity contribution is 0.298. The Morgan fingerprint density at radius 3 is 3.06 bits per heavy atom. The van der Waals surface area contributed by atoms with Crippen LogP contribution in [-0.4, -0.2) is 20.1 Å². The Kier molecular flexibility index (Phi) is 3.35. The van der Waals surface area contributed by atoms with Crippen molar-refractivity contribution in [1.82, 2.24) is 10.6 Å². The van der Waals surface area contributed by atoms with E-state index in [1.54, 1.807) is 0 Å². The first-order valence-corrected chi connectivity index (χ1v) is 6.74. The van der Waals surface area contributed by atoms with Gasteiger partial charge in [-0.3, -0.25) is 0 Å². The fourth-order valence-electron chi connectivity index (χ4n) is 3.05. The predicted octanol–water partition coefficient (Wildman–Crippen LogP) is 2.69. The molecule has 2 N–H and O–H groups in total. The molecule has 2 heterocycles. The van der Waals surface area contributed by atoms with Crippen LogP contribution < -0.4 is 10.6 Å². The second-order valence-corrected chi connectivity index (χ2v) is 5.06. The Bertz CT molecular complexity index is 514. The summed E-state index contributed by atoms with van der Waals surface area (Å²) in [5, 5.41) is 8.19. The molecule has 2 unspecified atom stereocenters. The van der Waals surface area contributed by atoms with Crippen molar-refractivity contribution in [2.75, 3.05) is 20.1 Å². The molecule has 1 aromatic heterocycles. The average molecular weight is 244 g/mol. The highest BCUT2D eigenvalue weighted by Gasteiger charge is 2.26. The SMILES string of the molecule is CNC(c1coc2ccccc12)C1CCCNC1. The van der Waals surface area contributed by atoms with E-state index in [1.165, 1.54) is 23.8 Å². The van der Waals surface area contributed by atoms with Gasteiger partial charge in [-0.1, -0.05) is 18.2 Å². The van der Waals surface area contributed by atoms with E-state index in [9.17, 15) is 0 Å². The summed E-state index contributed by atoms with van der Waals surface area (Å²) in [6, 6.07) is 8.65. The van der Waals surface area contributed by atoms with Crippen LogP contribution >= 0.6 is 0 Å². The van der Waals surface area contributed by atoms with Crippen LogP contribution in [-0.2, 0) is 0 Å². The molecule has 3 nitrogen and oxygen atoms in total. The normalized spacial score (nSPS) is 22.2. The van der Waals surface area contributed by atoms with E-state index >= 15 is 0 Å². The van der Waals surface area contributed by atoms with Crippen molar-refractivity contribution in [2.45, 2.75) is 18.9 Å². The van der Waals surface area contributed by atoms with Gasteiger partial charge in [-0.15, -0.1) is 0 Å². The molecule has 18 heavy (non-hydrogen) atoms. The number of piperidine rings is 1. The van der Waals surface area contributed by atoms with Crippen LogP contribution in [0.25, 0.3) is 11.0 Å². The Hall–Kier alpha value is -1.32. The monoisotopic (exact) mass is 244 g/mol. The number of fused-ring (bicyclic) bond motifs is 1. The van der Waals surface area contributed by atoms with E-state index in [0.29, 0.717) is 12.0 Å². The molecule has 1 saturated heterocycles. The zero-order valence-electron chi connectivity index (χ0n) is 10.8. The maximum Gasteiger partial charge on any atom is 0.134 e. The molecular formula is C15H20N2O. The topological polar surface area (TPSA) is 37.2 Å². The second-order valence-electron chi connectivity index (χ2n) is 5.06. The van der Waals surface area contributed by atoms with Gasteiger partial charge in [0.25, 0.3) is 0 Å². The highest BCUT2D eigenvalue weighted by molar-refractivity contribution is 5.81. The number of nitrogens with one attached hydrogen (secondary N) is 2. The zero-order valence-corrected chi connectivity index (χ0v) is 10.8. The van der Waals surface area contributed by atoms with E-state index in [0.717, 1.165) is 18.7 Å². The predicted molar refractivity (Wildman–Crippen MR) is 73.6 cm³/mol. The van der Waals surface area contributed by atoms with Crippen LogP contribution in [0.4, 0.5) is 0 Å². The van der Waals surface area contributed by atoms with E-state index in [-0.39, 0.29) is 0 Å². The van der Waals surface area contributed by atoms with Crippen molar-refractivity contribution in [3.63, 3.8) is 0 Å².